The molecular weight excluding hydrogens is 364 g/mol. The van der Waals surface area contributed by atoms with E-state index >= 15 is 0 Å². The van der Waals surface area contributed by atoms with E-state index in [1.807, 2.05) is 25.0 Å². The number of hydrogen-bond acceptors (Lipinski definition) is 4. The third-order valence-electron chi connectivity index (χ3n) is 6.06. The zero-order valence-electron chi connectivity index (χ0n) is 18.4. The summed E-state index contributed by atoms with van der Waals surface area (Å²) in [5.41, 5.74) is 1.20. The van der Waals surface area contributed by atoms with Gasteiger partial charge in [0.05, 0.1) is 18.0 Å². The fourth-order valence-electron chi connectivity index (χ4n) is 4.38. The van der Waals surface area contributed by atoms with Crippen LogP contribution in [0.4, 0.5) is 5.69 Å². The van der Waals surface area contributed by atoms with Crippen molar-refractivity contribution in [2.24, 2.45) is 12.0 Å². The van der Waals surface area contributed by atoms with Crippen molar-refractivity contribution in [2.45, 2.75) is 76.4 Å². The Morgan fingerprint density at radius 3 is 2.72 bits per heavy atom. The van der Waals surface area contributed by atoms with Gasteiger partial charge in [0.15, 0.2) is 5.96 Å². The van der Waals surface area contributed by atoms with Crippen molar-refractivity contribution in [1.82, 2.24) is 20.4 Å². The van der Waals surface area contributed by atoms with Gasteiger partial charge in [-0.05, 0) is 38.5 Å². The molecule has 1 aromatic heterocycles. The molecule has 0 aromatic carbocycles. The highest BCUT2D eigenvalue weighted by Gasteiger charge is 2.21. The van der Waals surface area contributed by atoms with Crippen molar-refractivity contribution in [3.63, 3.8) is 0 Å². The Morgan fingerprint density at radius 2 is 2.00 bits per heavy atom. The quantitative estimate of drug-likeness (QED) is 0.302. The van der Waals surface area contributed by atoms with E-state index in [1.165, 1.54) is 57.1 Å². The summed E-state index contributed by atoms with van der Waals surface area (Å²) in [6.45, 7) is 3.91. The van der Waals surface area contributed by atoms with Crippen molar-refractivity contribution < 1.29 is 4.74 Å². The van der Waals surface area contributed by atoms with Gasteiger partial charge >= 0.3 is 0 Å². The summed E-state index contributed by atoms with van der Waals surface area (Å²) < 4.78 is 7.95. The van der Waals surface area contributed by atoms with Crippen LogP contribution in [0, 0.1) is 0 Å². The van der Waals surface area contributed by atoms with Crippen LogP contribution in [0.2, 0.25) is 0 Å². The summed E-state index contributed by atoms with van der Waals surface area (Å²) in [7, 11) is 3.82. The molecule has 0 spiro atoms. The average Bonchev–Trinajstić information content (AvgIpc) is 3.01. The van der Waals surface area contributed by atoms with Gasteiger partial charge in [-0.2, -0.15) is 5.10 Å². The van der Waals surface area contributed by atoms with E-state index in [9.17, 15) is 0 Å². The van der Waals surface area contributed by atoms with Crippen LogP contribution in [-0.4, -0.2) is 61.2 Å². The van der Waals surface area contributed by atoms with E-state index in [2.05, 4.69) is 31.8 Å². The summed E-state index contributed by atoms with van der Waals surface area (Å²) in [4.78, 5) is 6.82. The smallest absolute Gasteiger partial charge is 0.191 e. The molecule has 1 saturated carbocycles. The van der Waals surface area contributed by atoms with Crippen LogP contribution in [0.25, 0.3) is 0 Å². The number of aryl methyl sites for hydroxylation is 1. The number of piperidine rings is 1. The van der Waals surface area contributed by atoms with Crippen molar-refractivity contribution in [2.75, 3.05) is 38.2 Å². The Bertz CT molecular complexity index is 608. The highest BCUT2D eigenvalue weighted by Crippen LogP contribution is 2.20. The Hall–Kier alpha value is -1.76. The van der Waals surface area contributed by atoms with E-state index in [-0.39, 0.29) is 0 Å². The van der Waals surface area contributed by atoms with Crippen LogP contribution in [0.1, 0.15) is 64.2 Å². The van der Waals surface area contributed by atoms with E-state index in [0.717, 1.165) is 45.0 Å². The highest BCUT2D eigenvalue weighted by molar-refractivity contribution is 5.80. The molecule has 29 heavy (non-hydrogen) atoms. The third kappa shape index (κ3) is 7.53. The number of anilines is 1. The van der Waals surface area contributed by atoms with Crippen molar-refractivity contribution in [1.29, 1.82) is 0 Å². The van der Waals surface area contributed by atoms with Crippen molar-refractivity contribution in [3.8, 4) is 0 Å². The summed E-state index contributed by atoms with van der Waals surface area (Å²) in [5, 5.41) is 11.4. The molecule has 2 heterocycles. The molecule has 1 saturated heterocycles. The molecule has 1 aliphatic heterocycles. The van der Waals surface area contributed by atoms with Crippen molar-refractivity contribution >= 4 is 11.6 Å². The molecule has 0 radical (unpaired) electrons. The molecule has 164 valence electrons. The largest absolute Gasteiger partial charge is 0.378 e. The maximum absolute atomic E-state index is 6.09. The predicted octanol–water partition coefficient (Wildman–Crippen LogP) is 3.07. The number of nitrogens with one attached hydrogen (secondary N) is 2. The summed E-state index contributed by atoms with van der Waals surface area (Å²) >= 11 is 0. The molecular formula is C22H40N6O. The first-order valence-electron chi connectivity index (χ1n) is 11.6. The first kappa shape index (κ1) is 21.9. The Balaban J connectivity index is 1.30. The number of unbranched alkanes of at least 4 members (excludes halogenated alkanes) is 1. The summed E-state index contributed by atoms with van der Waals surface area (Å²) in [5.74, 6) is 0.910. The first-order chi connectivity index (χ1) is 14.2. The minimum Gasteiger partial charge on any atom is -0.378 e. The minimum atomic E-state index is 0.411. The molecule has 1 atom stereocenters. The zero-order valence-corrected chi connectivity index (χ0v) is 18.4. The third-order valence-corrected chi connectivity index (χ3v) is 6.06. The van der Waals surface area contributed by atoms with E-state index in [1.54, 1.807) is 0 Å². The molecule has 7 nitrogen and oxygen atoms in total. The van der Waals surface area contributed by atoms with Crippen LogP contribution in [0.15, 0.2) is 17.4 Å². The highest BCUT2D eigenvalue weighted by atomic mass is 16.5. The van der Waals surface area contributed by atoms with Gasteiger partial charge in [0.25, 0.3) is 0 Å². The normalized spacial score (nSPS) is 21.8. The standard InChI is InChI=1S/C22H40N6O/c1-23-22(24-13-7-8-15-29-21-11-5-3-4-6-12-21)26-19-10-9-14-28(17-19)20-16-25-27(2)18-20/h16,18-19,21H,3-15,17H2,1-2H3,(H2,23,24,26). The van der Waals surface area contributed by atoms with Gasteiger partial charge in [0, 0.05) is 52.6 Å². The van der Waals surface area contributed by atoms with Crippen LogP contribution >= 0.6 is 0 Å². The van der Waals surface area contributed by atoms with E-state index < -0.39 is 0 Å². The van der Waals surface area contributed by atoms with Crippen LogP contribution < -0.4 is 15.5 Å². The number of aliphatic imine (C=N–C) groups is 1. The van der Waals surface area contributed by atoms with Gasteiger partial charge in [0.2, 0.25) is 0 Å². The lowest BCUT2D eigenvalue weighted by Crippen LogP contribution is -2.51. The lowest BCUT2D eigenvalue weighted by atomic mass is 10.1. The lowest BCUT2D eigenvalue weighted by Gasteiger charge is -2.34. The van der Waals surface area contributed by atoms with Gasteiger partial charge in [0.1, 0.15) is 0 Å². The summed E-state index contributed by atoms with van der Waals surface area (Å²) in [6.07, 6.45) is 17.1. The topological polar surface area (TPSA) is 66.7 Å². The Morgan fingerprint density at radius 1 is 1.17 bits per heavy atom. The van der Waals surface area contributed by atoms with Gasteiger partial charge in [-0.3, -0.25) is 9.67 Å². The molecule has 1 unspecified atom stereocenters. The molecule has 3 rings (SSSR count). The molecule has 2 fully saturated rings. The van der Waals surface area contributed by atoms with Crippen LogP contribution in [0.5, 0.6) is 0 Å². The maximum atomic E-state index is 6.09. The molecule has 7 heteroatoms. The SMILES string of the molecule is CN=C(NCCCCOC1CCCCCC1)NC1CCCN(c2cnn(C)c2)C1. The lowest BCUT2D eigenvalue weighted by molar-refractivity contribution is 0.0411. The molecule has 1 aliphatic carbocycles. The number of rotatable bonds is 8. The second-order valence-electron chi connectivity index (χ2n) is 8.49. The summed E-state index contributed by atoms with van der Waals surface area (Å²) in [6, 6.07) is 0.411. The molecule has 2 N–H and O–H groups in total. The fourth-order valence-corrected chi connectivity index (χ4v) is 4.38. The van der Waals surface area contributed by atoms with Gasteiger partial charge < -0.3 is 20.3 Å². The van der Waals surface area contributed by atoms with Gasteiger partial charge in [-0.25, -0.2) is 0 Å². The van der Waals surface area contributed by atoms with Crippen LogP contribution in [0.3, 0.4) is 0 Å². The number of nitrogens with zero attached hydrogens (tertiary/aromatic N) is 4. The Kier molecular flexibility index (Phi) is 9.12. The van der Waals surface area contributed by atoms with Crippen molar-refractivity contribution in [3.05, 3.63) is 12.4 Å². The number of ether oxygens (including phenoxy) is 1. The van der Waals surface area contributed by atoms with Gasteiger partial charge in [-0.15, -0.1) is 0 Å². The second kappa shape index (κ2) is 12.1. The molecule has 2 aliphatic rings. The van der Waals surface area contributed by atoms with Crippen LogP contribution in [-0.2, 0) is 11.8 Å². The second-order valence-corrected chi connectivity index (χ2v) is 8.49. The maximum Gasteiger partial charge on any atom is 0.191 e. The molecule has 0 amide bonds. The minimum absolute atomic E-state index is 0.411. The Labute approximate surface area is 176 Å². The number of hydrogen-bond donors (Lipinski definition) is 2. The fraction of sp³-hybridized carbons (Fsp3) is 0.818. The number of guanidine groups is 1. The monoisotopic (exact) mass is 404 g/mol. The van der Waals surface area contributed by atoms with E-state index in [0.29, 0.717) is 12.1 Å². The van der Waals surface area contributed by atoms with Gasteiger partial charge in [-0.1, -0.05) is 25.7 Å². The first-order valence-corrected chi connectivity index (χ1v) is 11.6. The van der Waals surface area contributed by atoms with E-state index in [4.69, 9.17) is 4.74 Å². The number of aromatic nitrogens is 2. The zero-order chi connectivity index (χ0) is 20.3. The molecule has 1 aromatic rings. The average molecular weight is 405 g/mol. The molecule has 0 bridgehead atoms. The predicted molar refractivity (Wildman–Crippen MR) is 120 cm³/mol.